The molecule has 0 fully saturated rings. The zero-order chi connectivity index (χ0) is 19.7. The molecule has 1 unspecified atom stereocenters. The number of rotatable bonds is 4. The fourth-order valence-electron chi connectivity index (χ4n) is 3.38. The van der Waals surface area contributed by atoms with Gasteiger partial charge in [0.1, 0.15) is 11.6 Å². The van der Waals surface area contributed by atoms with Crippen molar-refractivity contribution in [3.63, 3.8) is 0 Å². The molecule has 28 heavy (non-hydrogen) atoms. The number of fused-ring (bicyclic) bond motifs is 1. The Labute approximate surface area is 166 Å². The number of amides is 1. The second kappa shape index (κ2) is 7.52. The number of phenols is 1. The van der Waals surface area contributed by atoms with Gasteiger partial charge in [-0.25, -0.2) is 0 Å². The molecule has 0 bridgehead atoms. The lowest BCUT2D eigenvalue weighted by Crippen LogP contribution is -2.33. The van der Waals surface area contributed by atoms with Crippen LogP contribution in [-0.2, 0) is 17.6 Å². The van der Waals surface area contributed by atoms with Crippen molar-refractivity contribution in [1.29, 1.82) is 0 Å². The third kappa shape index (κ3) is 3.53. The van der Waals surface area contributed by atoms with Crippen molar-refractivity contribution in [3.05, 3.63) is 81.6 Å². The fourth-order valence-corrected chi connectivity index (χ4v) is 4.30. The summed E-state index contributed by atoms with van der Waals surface area (Å²) in [4.78, 5) is 29.5. The van der Waals surface area contributed by atoms with Gasteiger partial charge in [0.2, 0.25) is 5.91 Å². The highest BCUT2D eigenvalue weighted by Gasteiger charge is 2.32. The Morgan fingerprint density at radius 3 is 2.57 bits per heavy atom. The number of nitrogens with zero attached hydrogens (tertiary/aromatic N) is 2. The van der Waals surface area contributed by atoms with Crippen LogP contribution in [0.5, 0.6) is 5.75 Å². The SMILES string of the molecule is Cn1c(SCc2ccccc2)nc(=O)c2c1NC(=O)CC2c1ccc(O)cc1. The first-order valence-electron chi connectivity index (χ1n) is 8.89. The van der Waals surface area contributed by atoms with E-state index in [1.54, 1.807) is 35.9 Å². The minimum Gasteiger partial charge on any atom is -0.508 e. The molecule has 0 radical (unpaired) electrons. The van der Waals surface area contributed by atoms with Crippen LogP contribution in [0.25, 0.3) is 0 Å². The lowest BCUT2D eigenvalue weighted by Gasteiger charge is -2.27. The lowest BCUT2D eigenvalue weighted by atomic mass is 9.87. The molecule has 4 rings (SSSR count). The second-order valence-electron chi connectivity index (χ2n) is 6.69. The summed E-state index contributed by atoms with van der Waals surface area (Å²) in [5.74, 6) is 0.775. The third-order valence-corrected chi connectivity index (χ3v) is 5.91. The third-order valence-electron chi connectivity index (χ3n) is 4.81. The van der Waals surface area contributed by atoms with Gasteiger partial charge in [0.15, 0.2) is 5.16 Å². The van der Waals surface area contributed by atoms with E-state index in [9.17, 15) is 14.7 Å². The van der Waals surface area contributed by atoms with Gasteiger partial charge in [0.25, 0.3) is 5.56 Å². The molecule has 0 saturated heterocycles. The van der Waals surface area contributed by atoms with Gasteiger partial charge in [-0.15, -0.1) is 0 Å². The molecule has 7 heteroatoms. The van der Waals surface area contributed by atoms with Gasteiger partial charge < -0.3 is 15.0 Å². The summed E-state index contributed by atoms with van der Waals surface area (Å²) < 4.78 is 1.77. The maximum absolute atomic E-state index is 12.9. The molecule has 3 aromatic rings. The van der Waals surface area contributed by atoms with Crippen LogP contribution in [0.3, 0.4) is 0 Å². The normalized spacial score (nSPS) is 15.8. The predicted molar refractivity (Wildman–Crippen MR) is 109 cm³/mol. The Hall–Kier alpha value is -3.06. The Kier molecular flexibility index (Phi) is 4.92. The fraction of sp³-hybridized carbons (Fsp3) is 0.190. The maximum atomic E-state index is 12.9. The second-order valence-corrected chi connectivity index (χ2v) is 7.63. The lowest BCUT2D eigenvalue weighted by molar-refractivity contribution is -0.116. The average molecular weight is 393 g/mol. The largest absolute Gasteiger partial charge is 0.508 e. The molecule has 0 spiro atoms. The van der Waals surface area contributed by atoms with Crippen LogP contribution >= 0.6 is 11.8 Å². The quantitative estimate of drug-likeness (QED) is 0.525. The van der Waals surface area contributed by atoms with Crippen molar-refractivity contribution in [2.24, 2.45) is 7.05 Å². The smallest absolute Gasteiger partial charge is 0.279 e. The van der Waals surface area contributed by atoms with Gasteiger partial charge in [-0.1, -0.05) is 54.2 Å². The predicted octanol–water partition coefficient (Wildman–Crippen LogP) is 3.25. The van der Waals surface area contributed by atoms with Crippen molar-refractivity contribution in [2.75, 3.05) is 5.32 Å². The summed E-state index contributed by atoms with van der Waals surface area (Å²) in [5.41, 5.74) is 2.08. The van der Waals surface area contributed by atoms with E-state index >= 15 is 0 Å². The molecule has 0 saturated carbocycles. The van der Waals surface area contributed by atoms with Gasteiger partial charge in [0, 0.05) is 25.1 Å². The summed E-state index contributed by atoms with van der Waals surface area (Å²) in [7, 11) is 1.80. The Morgan fingerprint density at radius 1 is 1.14 bits per heavy atom. The molecule has 2 N–H and O–H groups in total. The van der Waals surface area contributed by atoms with Gasteiger partial charge in [0.05, 0.1) is 5.56 Å². The molecule has 1 atom stereocenters. The Bertz CT molecular complexity index is 1080. The molecule has 2 aromatic carbocycles. The van der Waals surface area contributed by atoms with E-state index in [4.69, 9.17) is 0 Å². The first kappa shape index (κ1) is 18.3. The first-order valence-corrected chi connectivity index (χ1v) is 9.88. The van der Waals surface area contributed by atoms with Gasteiger partial charge in [-0.3, -0.25) is 9.59 Å². The summed E-state index contributed by atoms with van der Waals surface area (Å²) in [5, 5.41) is 12.9. The topological polar surface area (TPSA) is 84.2 Å². The van der Waals surface area contributed by atoms with Crippen LogP contribution in [-0.4, -0.2) is 20.6 Å². The highest BCUT2D eigenvalue weighted by Crippen LogP contribution is 2.36. The number of thioether (sulfide) groups is 1. The monoisotopic (exact) mass is 393 g/mol. The molecular formula is C21H19N3O3S. The standard InChI is InChI=1S/C21H19N3O3S/c1-24-19-18(16(11-17(26)22-19)14-7-9-15(25)10-8-14)20(27)23-21(24)28-12-13-5-3-2-4-6-13/h2-10,16,25H,11-12H2,1H3,(H,22,26). The zero-order valence-electron chi connectivity index (χ0n) is 15.3. The number of aromatic hydroxyl groups is 1. The van der Waals surface area contributed by atoms with E-state index < -0.39 is 0 Å². The van der Waals surface area contributed by atoms with Crippen molar-refractivity contribution in [2.45, 2.75) is 23.2 Å². The highest BCUT2D eigenvalue weighted by atomic mass is 32.2. The minimum atomic E-state index is -0.385. The van der Waals surface area contributed by atoms with Crippen LogP contribution in [0.15, 0.2) is 64.5 Å². The number of carbonyl (C=O) groups excluding carboxylic acids is 1. The molecule has 1 aliphatic rings. The molecule has 1 amide bonds. The van der Waals surface area contributed by atoms with Crippen molar-refractivity contribution in [1.82, 2.24) is 9.55 Å². The van der Waals surface area contributed by atoms with Gasteiger partial charge >= 0.3 is 0 Å². The molecular weight excluding hydrogens is 374 g/mol. The molecule has 0 aliphatic carbocycles. The minimum absolute atomic E-state index is 0.142. The van der Waals surface area contributed by atoms with E-state index in [-0.39, 0.29) is 29.6 Å². The summed E-state index contributed by atoms with van der Waals surface area (Å²) in [6.07, 6.45) is 0.172. The summed E-state index contributed by atoms with van der Waals surface area (Å²) in [6, 6.07) is 16.5. The summed E-state index contributed by atoms with van der Waals surface area (Å²) >= 11 is 1.45. The molecule has 1 aromatic heterocycles. The van der Waals surface area contributed by atoms with E-state index in [0.717, 1.165) is 11.1 Å². The number of phenolic OH excluding ortho intramolecular Hbond substituents is 1. The van der Waals surface area contributed by atoms with Gasteiger partial charge in [-0.05, 0) is 23.3 Å². The number of anilines is 1. The number of carbonyl (C=O) groups is 1. The van der Waals surface area contributed by atoms with E-state index in [1.165, 1.54) is 11.8 Å². The molecule has 1 aliphatic heterocycles. The number of hydrogen-bond donors (Lipinski definition) is 2. The van der Waals surface area contributed by atoms with E-state index in [1.807, 2.05) is 30.3 Å². The summed E-state index contributed by atoms with van der Waals surface area (Å²) in [6.45, 7) is 0. The van der Waals surface area contributed by atoms with Crippen molar-refractivity contribution >= 4 is 23.5 Å². The van der Waals surface area contributed by atoms with Crippen LogP contribution in [0.4, 0.5) is 5.82 Å². The molecule has 142 valence electrons. The van der Waals surface area contributed by atoms with E-state index in [0.29, 0.717) is 22.3 Å². The van der Waals surface area contributed by atoms with Crippen LogP contribution in [0.1, 0.15) is 29.0 Å². The molecule has 6 nitrogen and oxygen atoms in total. The highest BCUT2D eigenvalue weighted by molar-refractivity contribution is 7.98. The van der Waals surface area contributed by atoms with E-state index in [2.05, 4.69) is 10.3 Å². The average Bonchev–Trinajstić information content (AvgIpc) is 2.70. The maximum Gasteiger partial charge on any atom is 0.279 e. The van der Waals surface area contributed by atoms with Crippen LogP contribution in [0, 0.1) is 0 Å². The van der Waals surface area contributed by atoms with Gasteiger partial charge in [-0.2, -0.15) is 4.98 Å². The molecule has 2 heterocycles. The Morgan fingerprint density at radius 2 is 1.86 bits per heavy atom. The number of hydrogen-bond acceptors (Lipinski definition) is 5. The Balaban J connectivity index is 1.72. The van der Waals surface area contributed by atoms with Crippen molar-refractivity contribution in [3.8, 4) is 5.75 Å². The number of aromatic nitrogens is 2. The zero-order valence-corrected chi connectivity index (χ0v) is 16.1. The van der Waals surface area contributed by atoms with Crippen LogP contribution in [0.2, 0.25) is 0 Å². The number of nitrogens with one attached hydrogen (secondary N) is 1. The number of benzene rings is 2. The first-order chi connectivity index (χ1) is 13.5. The van der Waals surface area contributed by atoms with Crippen molar-refractivity contribution < 1.29 is 9.90 Å². The van der Waals surface area contributed by atoms with Crippen LogP contribution < -0.4 is 10.9 Å².